The molecule has 2 aromatic carbocycles. The van der Waals surface area contributed by atoms with E-state index in [1.807, 2.05) is 0 Å². The first kappa shape index (κ1) is 19.7. The van der Waals surface area contributed by atoms with Crippen LogP contribution in [-0.2, 0) is 9.59 Å². The third-order valence-electron chi connectivity index (χ3n) is 3.54. The fraction of sp³-hybridized carbons (Fsp3) is 0.211. The van der Waals surface area contributed by atoms with Crippen LogP contribution >= 0.6 is 15.9 Å². The number of rotatable bonds is 7. The molecule has 0 saturated carbocycles. The van der Waals surface area contributed by atoms with Gasteiger partial charge in [0.15, 0.2) is 5.78 Å². The number of methoxy groups -OCH3 is 1. The number of Topliss-reactive ketones (excluding diaryl/α,β-unsaturated/α-hetero) is 1. The molecule has 0 spiro atoms. The molecule has 0 fully saturated rings. The maximum absolute atomic E-state index is 12.1. The van der Waals surface area contributed by atoms with E-state index < -0.39 is 0 Å². The van der Waals surface area contributed by atoms with Crippen LogP contribution in [0.1, 0.15) is 30.1 Å². The molecule has 0 aliphatic rings. The minimum absolute atomic E-state index is 0.0659. The Morgan fingerprint density at radius 3 is 2.31 bits per heavy atom. The van der Waals surface area contributed by atoms with Crippen LogP contribution in [0.2, 0.25) is 0 Å². The predicted molar refractivity (Wildman–Crippen MR) is 104 cm³/mol. The largest absolute Gasteiger partial charge is 0.495 e. The van der Waals surface area contributed by atoms with Gasteiger partial charge in [-0.3, -0.25) is 14.4 Å². The van der Waals surface area contributed by atoms with E-state index in [1.165, 1.54) is 14.0 Å². The molecule has 2 amide bonds. The Morgan fingerprint density at radius 1 is 1.00 bits per heavy atom. The van der Waals surface area contributed by atoms with E-state index in [9.17, 15) is 14.4 Å². The number of nitrogens with one attached hydrogen (secondary N) is 2. The summed E-state index contributed by atoms with van der Waals surface area (Å²) in [4.78, 5) is 35.5. The number of ether oxygens (including phenoxy) is 1. The summed E-state index contributed by atoms with van der Waals surface area (Å²) in [5.41, 5.74) is 1.54. The van der Waals surface area contributed by atoms with Gasteiger partial charge in [0.1, 0.15) is 5.75 Å². The molecule has 0 bridgehead atoms. The normalized spacial score (nSPS) is 10.1. The molecule has 2 aromatic rings. The zero-order valence-corrected chi connectivity index (χ0v) is 16.1. The molecule has 7 heteroatoms. The smallest absolute Gasteiger partial charge is 0.224 e. The molecule has 26 heavy (non-hydrogen) atoms. The zero-order chi connectivity index (χ0) is 19.1. The van der Waals surface area contributed by atoms with Crippen LogP contribution in [0.4, 0.5) is 11.4 Å². The van der Waals surface area contributed by atoms with Crippen LogP contribution in [0.15, 0.2) is 46.9 Å². The molecule has 0 aliphatic carbocycles. The van der Waals surface area contributed by atoms with Crippen LogP contribution in [0.5, 0.6) is 5.75 Å². The molecule has 0 unspecified atom stereocenters. The molecule has 0 atom stereocenters. The van der Waals surface area contributed by atoms with E-state index in [0.29, 0.717) is 22.7 Å². The van der Waals surface area contributed by atoms with Gasteiger partial charge in [0.05, 0.1) is 12.8 Å². The average molecular weight is 419 g/mol. The lowest BCUT2D eigenvalue weighted by atomic mass is 10.1. The van der Waals surface area contributed by atoms with Gasteiger partial charge in [0.2, 0.25) is 11.8 Å². The zero-order valence-electron chi connectivity index (χ0n) is 14.5. The van der Waals surface area contributed by atoms with Gasteiger partial charge in [0, 0.05) is 35.5 Å². The minimum Gasteiger partial charge on any atom is -0.495 e. The molecule has 136 valence electrons. The number of amides is 2. The second-order valence-electron chi connectivity index (χ2n) is 5.57. The lowest BCUT2D eigenvalue weighted by Crippen LogP contribution is -2.14. The van der Waals surface area contributed by atoms with Crippen molar-refractivity contribution in [2.24, 2.45) is 0 Å². The van der Waals surface area contributed by atoms with Gasteiger partial charge in [-0.15, -0.1) is 0 Å². The Kier molecular flexibility index (Phi) is 6.91. The van der Waals surface area contributed by atoms with Gasteiger partial charge < -0.3 is 15.4 Å². The monoisotopic (exact) mass is 418 g/mol. The summed E-state index contributed by atoms with van der Waals surface area (Å²) in [6, 6.07) is 11.9. The summed E-state index contributed by atoms with van der Waals surface area (Å²) in [5.74, 6) is -0.133. The standard InChI is InChI=1S/C19H19BrN2O4/c1-12(23)21-16-11-15(7-9-18(16)26-2)22-19(25)10-8-17(24)13-3-5-14(20)6-4-13/h3-7,9,11H,8,10H2,1-2H3,(H,21,23)(H,22,25). The summed E-state index contributed by atoms with van der Waals surface area (Å²) in [6.07, 6.45) is 0.179. The van der Waals surface area contributed by atoms with E-state index in [2.05, 4.69) is 26.6 Å². The number of halogens is 1. The number of carbonyl (C=O) groups excluding carboxylic acids is 3. The molecule has 0 aromatic heterocycles. The van der Waals surface area contributed by atoms with Crippen LogP contribution in [0.25, 0.3) is 0 Å². The molecular formula is C19H19BrN2O4. The molecule has 0 aliphatic heterocycles. The van der Waals surface area contributed by atoms with Gasteiger partial charge >= 0.3 is 0 Å². The SMILES string of the molecule is COc1ccc(NC(=O)CCC(=O)c2ccc(Br)cc2)cc1NC(C)=O. The summed E-state index contributed by atoms with van der Waals surface area (Å²) in [7, 11) is 1.49. The third-order valence-corrected chi connectivity index (χ3v) is 4.07. The number of ketones is 1. The van der Waals surface area contributed by atoms with Crippen molar-refractivity contribution in [3.63, 3.8) is 0 Å². The second kappa shape index (κ2) is 9.15. The van der Waals surface area contributed by atoms with Gasteiger partial charge in [0.25, 0.3) is 0 Å². The quantitative estimate of drug-likeness (QED) is 0.664. The highest BCUT2D eigenvalue weighted by molar-refractivity contribution is 9.10. The van der Waals surface area contributed by atoms with Crippen molar-refractivity contribution in [1.82, 2.24) is 0 Å². The molecular weight excluding hydrogens is 400 g/mol. The van der Waals surface area contributed by atoms with Crippen molar-refractivity contribution in [1.29, 1.82) is 0 Å². The van der Waals surface area contributed by atoms with E-state index in [4.69, 9.17) is 4.74 Å². The highest BCUT2D eigenvalue weighted by Crippen LogP contribution is 2.28. The Labute approximate surface area is 160 Å². The minimum atomic E-state index is -0.283. The van der Waals surface area contributed by atoms with Crippen LogP contribution in [-0.4, -0.2) is 24.7 Å². The van der Waals surface area contributed by atoms with Crippen molar-refractivity contribution in [3.05, 3.63) is 52.5 Å². The van der Waals surface area contributed by atoms with Crippen molar-refractivity contribution in [3.8, 4) is 5.75 Å². The highest BCUT2D eigenvalue weighted by atomic mass is 79.9. The van der Waals surface area contributed by atoms with E-state index in [1.54, 1.807) is 42.5 Å². The van der Waals surface area contributed by atoms with E-state index in [-0.39, 0.29) is 30.4 Å². The Balaban J connectivity index is 1.95. The predicted octanol–water partition coefficient (Wildman–Crippen LogP) is 4.02. The fourth-order valence-electron chi connectivity index (χ4n) is 2.30. The number of anilines is 2. The van der Waals surface area contributed by atoms with Crippen molar-refractivity contribution < 1.29 is 19.1 Å². The third kappa shape index (κ3) is 5.70. The van der Waals surface area contributed by atoms with Crippen molar-refractivity contribution in [2.75, 3.05) is 17.7 Å². The number of benzene rings is 2. The van der Waals surface area contributed by atoms with E-state index in [0.717, 1.165) is 4.47 Å². The summed E-state index contributed by atoms with van der Waals surface area (Å²) in [6.45, 7) is 1.39. The Morgan fingerprint density at radius 2 is 1.69 bits per heavy atom. The fourth-order valence-corrected chi connectivity index (χ4v) is 2.57. The second-order valence-corrected chi connectivity index (χ2v) is 6.49. The van der Waals surface area contributed by atoms with E-state index >= 15 is 0 Å². The first-order valence-electron chi connectivity index (χ1n) is 7.93. The summed E-state index contributed by atoms with van der Waals surface area (Å²) in [5, 5.41) is 5.36. The maximum atomic E-state index is 12.1. The Bertz CT molecular complexity index is 819. The molecule has 2 rings (SSSR count). The van der Waals surface area contributed by atoms with Crippen LogP contribution in [0.3, 0.4) is 0 Å². The maximum Gasteiger partial charge on any atom is 0.224 e. The van der Waals surface area contributed by atoms with Crippen molar-refractivity contribution in [2.45, 2.75) is 19.8 Å². The number of carbonyl (C=O) groups is 3. The van der Waals surface area contributed by atoms with Crippen molar-refractivity contribution >= 4 is 44.9 Å². The summed E-state index contributed by atoms with van der Waals surface area (Å²) >= 11 is 3.31. The molecule has 0 heterocycles. The van der Waals surface area contributed by atoms with Gasteiger partial charge in [-0.2, -0.15) is 0 Å². The number of hydrogen-bond donors (Lipinski definition) is 2. The topological polar surface area (TPSA) is 84.5 Å². The first-order valence-corrected chi connectivity index (χ1v) is 8.72. The summed E-state index contributed by atoms with van der Waals surface area (Å²) < 4.78 is 6.06. The van der Waals surface area contributed by atoms with Gasteiger partial charge in [-0.1, -0.05) is 28.1 Å². The van der Waals surface area contributed by atoms with Gasteiger partial charge in [-0.25, -0.2) is 0 Å². The molecule has 2 N–H and O–H groups in total. The lowest BCUT2D eigenvalue weighted by Gasteiger charge is -2.12. The number of hydrogen-bond acceptors (Lipinski definition) is 4. The van der Waals surface area contributed by atoms with Crippen LogP contribution in [0, 0.1) is 0 Å². The van der Waals surface area contributed by atoms with Crippen LogP contribution < -0.4 is 15.4 Å². The molecule has 0 saturated heterocycles. The molecule has 6 nitrogen and oxygen atoms in total. The average Bonchev–Trinajstić information content (AvgIpc) is 2.60. The highest BCUT2D eigenvalue weighted by Gasteiger charge is 2.11. The Hall–Kier alpha value is -2.67. The van der Waals surface area contributed by atoms with Gasteiger partial charge in [-0.05, 0) is 30.3 Å². The first-order chi connectivity index (χ1) is 12.4. The molecule has 0 radical (unpaired) electrons. The lowest BCUT2D eigenvalue weighted by molar-refractivity contribution is -0.116.